The fourth-order valence-corrected chi connectivity index (χ4v) is 2.89. The van der Waals surface area contributed by atoms with Gasteiger partial charge >= 0.3 is 11.9 Å². The molecule has 1 N–H and O–H groups in total. The summed E-state index contributed by atoms with van der Waals surface area (Å²) in [5, 5.41) is 8.82. The van der Waals surface area contributed by atoms with E-state index in [1.807, 2.05) is 31.2 Å². The third-order valence-corrected chi connectivity index (χ3v) is 4.22. The maximum absolute atomic E-state index is 14.7. The first-order valence-corrected chi connectivity index (χ1v) is 8.87. The van der Waals surface area contributed by atoms with Crippen molar-refractivity contribution in [2.75, 3.05) is 11.7 Å². The summed E-state index contributed by atoms with van der Waals surface area (Å²) in [6.45, 7) is 2.39. The van der Waals surface area contributed by atoms with Crippen LogP contribution < -0.4 is 9.86 Å². The predicted octanol–water partition coefficient (Wildman–Crippen LogP) is 4.43. The Bertz CT molecular complexity index is 1080. The van der Waals surface area contributed by atoms with Gasteiger partial charge in [-0.1, -0.05) is 34.3 Å². The lowest BCUT2D eigenvalue weighted by molar-refractivity contribution is 0.0683. The highest BCUT2D eigenvalue weighted by molar-refractivity contribution is 6.34. The van der Waals surface area contributed by atoms with Crippen molar-refractivity contribution < 1.29 is 23.9 Å². The van der Waals surface area contributed by atoms with Gasteiger partial charge in [-0.3, -0.25) is 4.79 Å². The standard InChI is InChI=1S/C20H15ClFN3O4/c1-2-29-14-5-3-4-12(10-14)13-6-7-16(15(21)11-13)25(22)19(26)17-18(20(27)28)24-9-8-23-17/h3-11H,2H2,1H3,(H,27,28). The van der Waals surface area contributed by atoms with E-state index in [9.17, 15) is 14.1 Å². The number of anilines is 1. The Kier molecular flexibility index (Phi) is 6.04. The molecule has 0 aliphatic carbocycles. The fourth-order valence-electron chi connectivity index (χ4n) is 2.63. The monoisotopic (exact) mass is 415 g/mol. The quantitative estimate of drug-likeness (QED) is 0.599. The second kappa shape index (κ2) is 8.66. The number of hydrogen-bond donors (Lipinski definition) is 1. The topological polar surface area (TPSA) is 92.6 Å². The van der Waals surface area contributed by atoms with Gasteiger partial charge in [0.15, 0.2) is 11.4 Å². The molecule has 0 atom stereocenters. The summed E-state index contributed by atoms with van der Waals surface area (Å²) in [6, 6.07) is 11.7. The summed E-state index contributed by atoms with van der Waals surface area (Å²) < 4.78 is 20.2. The first-order chi connectivity index (χ1) is 13.9. The van der Waals surface area contributed by atoms with E-state index in [0.29, 0.717) is 17.9 Å². The van der Waals surface area contributed by atoms with Crippen LogP contribution in [0.1, 0.15) is 27.9 Å². The number of amides is 1. The van der Waals surface area contributed by atoms with Crippen molar-refractivity contribution >= 4 is 29.2 Å². The Morgan fingerprint density at radius 1 is 1.10 bits per heavy atom. The third-order valence-electron chi connectivity index (χ3n) is 3.92. The van der Waals surface area contributed by atoms with E-state index in [0.717, 1.165) is 18.0 Å². The van der Waals surface area contributed by atoms with E-state index in [1.54, 1.807) is 6.07 Å². The van der Waals surface area contributed by atoms with Gasteiger partial charge in [-0.15, -0.1) is 5.12 Å². The second-order valence-corrected chi connectivity index (χ2v) is 6.18. The zero-order valence-corrected chi connectivity index (χ0v) is 15.9. The molecule has 0 fully saturated rings. The van der Waals surface area contributed by atoms with Gasteiger partial charge in [-0.2, -0.15) is 0 Å². The normalized spacial score (nSPS) is 10.4. The highest BCUT2D eigenvalue weighted by Crippen LogP contribution is 2.33. The molecule has 2 aromatic carbocycles. The summed E-state index contributed by atoms with van der Waals surface area (Å²) in [4.78, 5) is 30.8. The number of carboxylic acids is 1. The highest BCUT2D eigenvalue weighted by Gasteiger charge is 2.27. The molecule has 3 rings (SSSR count). The van der Waals surface area contributed by atoms with Crippen LogP contribution in [0.5, 0.6) is 5.75 Å². The number of carbonyl (C=O) groups is 2. The Morgan fingerprint density at radius 2 is 1.79 bits per heavy atom. The molecule has 148 valence electrons. The molecule has 0 saturated heterocycles. The Labute approximate surface area is 170 Å². The molecule has 0 radical (unpaired) electrons. The SMILES string of the molecule is CCOc1cccc(-c2ccc(N(F)C(=O)c3nccnc3C(=O)O)c(Cl)c2)c1. The fraction of sp³-hybridized carbons (Fsp3) is 0.100. The lowest BCUT2D eigenvalue weighted by atomic mass is 10.0. The predicted molar refractivity (Wildman–Crippen MR) is 105 cm³/mol. The van der Waals surface area contributed by atoms with Gasteiger partial charge in [0.05, 0.1) is 17.3 Å². The number of carbonyl (C=O) groups excluding carboxylic acids is 1. The summed E-state index contributed by atoms with van der Waals surface area (Å²) in [5.41, 5.74) is -0.0498. The van der Waals surface area contributed by atoms with Gasteiger partial charge in [0.25, 0.3) is 0 Å². The average molecular weight is 416 g/mol. The van der Waals surface area contributed by atoms with Crippen molar-refractivity contribution in [1.29, 1.82) is 0 Å². The molecule has 0 saturated carbocycles. The van der Waals surface area contributed by atoms with Crippen molar-refractivity contribution in [3.05, 3.63) is 71.3 Å². The molecular formula is C20H15ClFN3O4. The largest absolute Gasteiger partial charge is 0.494 e. The molecule has 1 amide bonds. The van der Waals surface area contributed by atoms with Crippen LogP contribution in [0.4, 0.5) is 10.2 Å². The van der Waals surface area contributed by atoms with E-state index in [-0.39, 0.29) is 15.8 Å². The van der Waals surface area contributed by atoms with E-state index in [1.165, 1.54) is 12.1 Å². The van der Waals surface area contributed by atoms with Crippen LogP contribution >= 0.6 is 11.6 Å². The Hall–Kier alpha value is -3.52. The van der Waals surface area contributed by atoms with Crippen molar-refractivity contribution in [2.45, 2.75) is 6.92 Å². The number of rotatable bonds is 6. The molecule has 1 aromatic heterocycles. The molecule has 9 heteroatoms. The first kappa shape index (κ1) is 20.2. The number of hydrogen-bond acceptors (Lipinski definition) is 5. The minimum atomic E-state index is -1.49. The molecule has 3 aromatic rings. The first-order valence-electron chi connectivity index (χ1n) is 8.49. The molecule has 29 heavy (non-hydrogen) atoms. The number of carboxylic acid groups (broad SMARTS) is 1. The summed E-state index contributed by atoms with van der Waals surface area (Å²) in [5.74, 6) is -2.11. The van der Waals surface area contributed by atoms with E-state index < -0.39 is 23.3 Å². The lowest BCUT2D eigenvalue weighted by Gasteiger charge is -2.15. The van der Waals surface area contributed by atoms with Crippen LogP contribution in [0, 0.1) is 0 Å². The van der Waals surface area contributed by atoms with Crippen LogP contribution in [0.3, 0.4) is 0 Å². The second-order valence-electron chi connectivity index (χ2n) is 5.77. The molecule has 1 heterocycles. The maximum atomic E-state index is 14.7. The number of aromatic nitrogens is 2. The van der Waals surface area contributed by atoms with Crippen molar-refractivity contribution in [3.8, 4) is 16.9 Å². The van der Waals surface area contributed by atoms with Gasteiger partial charge in [0.1, 0.15) is 5.75 Å². The molecule has 0 aliphatic rings. The zero-order chi connectivity index (χ0) is 21.0. The van der Waals surface area contributed by atoms with Crippen LogP contribution in [0.15, 0.2) is 54.9 Å². The highest BCUT2D eigenvalue weighted by atomic mass is 35.5. The van der Waals surface area contributed by atoms with Crippen LogP contribution in [0.25, 0.3) is 11.1 Å². The molecule has 0 spiro atoms. The van der Waals surface area contributed by atoms with Gasteiger partial charge in [-0.05, 0) is 42.3 Å². The van der Waals surface area contributed by atoms with Gasteiger partial charge in [0, 0.05) is 12.4 Å². The molecule has 0 unspecified atom stereocenters. The zero-order valence-electron chi connectivity index (χ0n) is 15.2. The molecule has 0 bridgehead atoms. The molecular weight excluding hydrogens is 401 g/mol. The van der Waals surface area contributed by atoms with Gasteiger partial charge in [0.2, 0.25) is 0 Å². The number of aromatic carboxylic acids is 1. The third kappa shape index (κ3) is 4.33. The number of halogens is 2. The Balaban J connectivity index is 1.92. The van der Waals surface area contributed by atoms with Crippen molar-refractivity contribution in [3.63, 3.8) is 0 Å². The molecule has 7 nitrogen and oxygen atoms in total. The molecule has 0 aliphatic heterocycles. The van der Waals surface area contributed by atoms with Crippen molar-refractivity contribution in [2.24, 2.45) is 0 Å². The number of ether oxygens (including phenoxy) is 1. The summed E-state index contributed by atoms with van der Waals surface area (Å²) in [7, 11) is 0. The van der Waals surface area contributed by atoms with Gasteiger partial charge in [-0.25, -0.2) is 14.8 Å². The maximum Gasteiger partial charge on any atom is 0.356 e. The summed E-state index contributed by atoms with van der Waals surface area (Å²) >= 11 is 6.19. The van der Waals surface area contributed by atoms with E-state index in [4.69, 9.17) is 21.4 Å². The lowest BCUT2D eigenvalue weighted by Crippen LogP contribution is -2.26. The average Bonchev–Trinajstić information content (AvgIpc) is 2.73. The van der Waals surface area contributed by atoms with E-state index in [2.05, 4.69) is 9.97 Å². The van der Waals surface area contributed by atoms with E-state index >= 15 is 0 Å². The van der Waals surface area contributed by atoms with Crippen LogP contribution in [0.2, 0.25) is 5.02 Å². The number of benzene rings is 2. The van der Waals surface area contributed by atoms with Crippen LogP contribution in [-0.2, 0) is 0 Å². The number of nitrogens with zero attached hydrogens (tertiary/aromatic N) is 3. The minimum Gasteiger partial charge on any atom is -0.494 e. The minimum absolute atomic E-state index is 0.0408. The van der Waals surface area contributed by atoms with Gasteiger partial charge < -0.3 is 9.84 Å². The van der Waals surface area contributed by atoms with Crippen LogP contribution in [-0.4, -0.2) is 33.6 Å². The smallest absolute Gasteiger partial charge is 0.356 e. The Morgan fingerprint density at radius 3 is 2.45 bits per heavy atom. The summed E-state index contributed by atoms with van der Waals surface area (Å²) in [6.07, 6.45) is 2.20. The van der Waals surface area contributed by atoms with Crippen molar-refractivity contribution in [1.82, 2.24) is 9.97 Å².